The van der Waals surface area contributed by atoms with Crippen molar-refractivity contribution < 1.29 is 4.79 Å². The number of H-pyrrole nitrogens is 1. The van der Waals surface area contributed by atoms with Crippen LogP contribution in [0.1, 0.15) is 11.3 Å². The Labute approximate surface area is 138 Å². The summed E-state index contributed by atoms with van der Waals surface area (Å²) < 4.78 is 0. The van der Waals surface area contributed by atoms with E-state index in [1.165, 1.54) is 22.3 Å². The standard InChI is InChI=1S/C17H18N4OS/c1-12-11-23-16(19-12)21-9-8-20(17(21)22)7-6-13-10-18-15-5-3-2-4-14(13)15/h2-5,10-11,18H,6-9H2,1H3. The predicted octanol–water partition coefficient (Wildman–Crippen LogP) is 3.42. The fourth-order valence-electron chi connectivity index (χ4n) is 3.03. The average molecular weight is 326 g/mol. The van der Waals surface area contributed by atoms with Crippen molar-refractivity contribution in [1.29, 1.82) is 0 Å². The molecule has 0 aliphatic carbocycles. The molecule has 2 amide bonds. The first-order valence-corrected chi connectivity index (χ1v) is 8.64. The first kappa shape index (κ1) is 14.3. The van der Waals surface area contributed by atoms with Crippen LogP contribution in [0.15, 0.2) is 35.8 Å². The quantitative estimate of drug-likeness (QED) is 0.799. The second-order valence-corrected chi connectivity index (χ2v) is 6.64. The molecule has 6 heteroatoms. The lowest BCUT2D eigenvalue weighted by atomic mass is 10.1. The number of carbonyl (C=O) groups excluding carboxylic acids is 1. The number of urea groups is 1. The molecule has 0 radical (unpaired) electrons. The van der Waals surface area contributed by atoms with E-state index in [0.29, 0.717) is 0 Å². The van der Waals surface area contributed by atoms with Gasteiger partial charge in [-0.1, -0.05) is 18.2 Å². The molecule has 23 heavy (non-hydrogen) atoms. The zero-order chi connectivity index (χ0) is 15.8. The Morgan fingerprint density at radius 2 is 2.17 bits per heavy atom. The van der Waals surface area contributed by atoms with E-state index in [1.807, 2.05) is 35.5 Å². The van der Waals surface area contributed by atoms with Crippen LogP contribution >= 0.6 is 11.3 Å². The number of aromatic amines is 1. The van der Waals surface area contributed by atoms with Crippen molar-refractivity contribution in [3.05, 3.63) is 47.1 Å². The van der Waals surface area contributed by atoms with Crippen LogP contribution in [0.2, 0.25) is 0 Å². The van der Waals surface area contributed by atoms with Crippen LogP contribution in [0.5, 0.6) is 0 Å². The fourth-order valence-corrected chi connectivity index (χ4v) is 3.85. The summed E-state index contributed by atoms with van der Waals surface area (Å²) in [6.07, 6.45) is 2.91. The topological polar surface area (TPSA) is 52.2 Å². The summed E-state index contributed by atoms with van der Waals surface area (Å²) in [5.74, 6) is 0. The maximum Gasteiger partial charge on any atom is 0.326 e. The van der Waals surface area contributed by atoms with Crippen LogP contribution in [0.4, 0.5) is 9.93 Å². The minimum absolute atomic E-state index is 0.0687. The highest BCUT2D eigenvalue weighted by Gasteiger charge is 2.30. The molecule has 1 N–H and O–H groups in total. The normalized spacial score (nSPS) is 15.1. The van der Waals surface area contributed by atoms with Gasteiger partial charge in [-0.05, 0) is 25.0 Å². The van der Waals surface area contributed by atoms with Crippen molar-refractivity contribution >= 4 is 33.4 Å². The van der Waals surface area contributed by atoms with Crippen molar-refractivity contribution in [2.24, 2.45) is 0 Å². The number of fused-ring (bicyclic) bond motifs is 1. The van der Waals surface area contributed by atoms with Gasteiger partial charge in [0.15, 0.2) is 5.13 Å². The van der Waals surface area contributed by atoms with E-state index in [2.05, 4.69) is 22.1 Å². The van der Waals surface area contributed by atoms with E-state index in [0.717, 1.165) is 42.4 Å². The molecule has 0 unspecified atom stereocenters. The summed E-state index contributed by atoms with van der Waals surface area (Å²) in [5, 5.41) is 4.03. The Hall–Kier alpha value is -2.34. The molecular weight excluding hydrogens is 308 g/mol. The first-order valence-electron chi connectivity index (χ1n) is 7.76. The summed E-state index contributed by atoms with van der Waals surface area (Å²) in [6.45, 7) is 4.18. The summed E-state index contributed by atoms with van der Waals surface area (Å²) in [5.41, 5.74) is 3.38. The third-order valence-electron chi connectivity index (χ3n) is 4.26. The zero-order valence-electron chi connectivity index (χ0n) is 13.0. The average Bonchev–Trinajstić information content (AvgIpc) is 3.25. The Balaban J connectivity index is 1.45. The predicted molar refractivity (Wildman–Crippen MR) is 93.2 cm³/mol. The van der Waals surface area contributed by atoms with Crippen molar-refractivity contribution in [1.82, 2.24) is 14.9 Å². The lowest BCUT2D eigenvalue weighted by Crippen LogP contribution is -2.33. The number of carbonyl (C=O) groups is 1. The van der Waals surface area contributed by atoms with Crippen molar-refractivity contribution in [2.45, 2.75) is 13.3 Å². The van der Waals surface area contributed by atoms with Crippen LogP contribution in [0.25, 0.3) is 10.9 Å². The Morgan fingerprint density at radius 1 is 1.30 bits per heavy atom. The number of para-hydroxylation sites is 1. The van der Waals surface area contributed by atoms with E-state index >= 15 is 0 Å². The molecule has 2 aromatic heterocycles. The zero-order valence-corrected chi connectivity index (χ0v) is 13.8. The Bertz CT molecular complexity index is 853. The number of nitrogens with zero attached hydrogens (tertiary/aromatic N) is 3. The third kappa shape index (κ3) is 2.59. The lowest BCUT2D eigenvalue weighted by molar-refractivity contribution is 0.221. The van der Waals surface area contributed by atoms with Gasteiger partial charge in [0.05, 0.1) is 5.69 Å². The number of benzene rings is 1. The molecule has 3 aromatic rings. The minimum atomic E-state index is 0.0687. The largest absolute Gasteiger partial charge is 0.361 e. The number of hydrogen-bond donors (Lipinski definition) is 1. The first-order chi connectivity index (χ1) is 11.2. The van der Waals surface area contributed by atoms with Crippen LogP contribution in [0.3, 0.4) is 0 Å². The number of aryl methyl sites for hydroxylation is 1. The summed E-state index contributed by atoms with van der Waals surface area (Å²) in [6, 6.07) is 8.34. The van der Waals surface area contributed by atoms with Crippen LogP contribution in [-0.2, 0) is 6.42 Å². The molecule has 3 heterocycles. The summed E-state index contributed by atoms with van der Waals surface area (Å²) >= 11 is 1.53. The third-order valence-corrected chi connectivity index (χ3v) is 5.24. The molecule has 118 valence electrons. The molecule has 1 saturated heterocycles. The monoisotopic (exact) mass is 326 g/mol. The van der Waals surface area contributed by atoms with E-state index in [4.69, 9.17) is 0 Å². The number of anilines is 1. The number of nitrogens with one attached hydrogen (secondary N) is 1. The molecule has 0 saturated carbocycles. The van der Waals surface area contributed by atoms with Crippen LogP contribution < -0.4 is 4.90 Å². The molecule has 0 atom stereocenters. The van der Waals surface area contributed by atoms with Gasteiger partial charge >= 0.3 is 6.03 Å². The van der Waals surface area contributed by atoms with Gasteiger partial charge in [-0.3, -0.25) is 4.90 Å². The minimum Gasteiger partial charge on any atom is -0.361 e. The molecule has 4 rings (SSSR count). The maximum absolute atomic E-state index is 12.5. The number of thiazole rings is 1. The Kier molecular flexibility index (Phi) is 3.53. The summed E-state index contributed by atoms with van der Waals surface area (Å²) in [7, 11) is 0. The molecule has 1 aliphatic heterocycles. The molecule has 1 aromatic carbocycles. The Morgan fingerprint density at radius 3 is 3.00 bits per heavy atom. The second-order valence-electron chi connectivity index (χ2n) is 5.80. The van der Waals surface area contributed by atoms with E-state index < -0.39 is 0 Å². The highest BCUT2D eigenvalue weighted by molar-refractivity contribution is 7.14. The number of amides is 2. The molecular formula is C17H18N4OS. The van der Waals surface area contributed by atoms with E-state index in [1.54, 1.807) is 4.90 Å². The summed E-state index contributed by atoms with van der Waals surface area (Å²) in [4.78, 5) is 24.0. The number of hydrogen-bond acceptors (Lipinski definition) is 3. The number of aromatic nitrogens is 2. The SMILES string of the molecule is Cc1csc(N2CCN(CCc3c[nH]c4ccccc34)C2=O)n1. The van der Waals surface area contributed by atoms with Gasteiger partial charge in [-0.2, -0.15) is 0 Å². The van der Waals surface area contributed by atoms with E-state index in [9.17, 15) is 4.79 Å². The molecule has 5 nitrogen and oxygen atoms in total. The number of rotatable bonds is 4. The van der Waals surface area contributed by atoms with Crippen LogP contribution in [-0.4, -0.2) is 40.5 Å². The maximum atomic E-state index is 12.5. The van der Waals surface area contributed by atoms with E-state index in [-0.39, 0.29) is 6.03 Å². The molecule has 1 fully saturated rings. The van der Waals surface area contributed by atoms with Crippen molar-refractivity contribution in [3.63, 3.8) is 0 Å². The van der Waals surface area contributed by atoms with Gasteiger partial charge in [0.1, 0.15) is 0 Å². The van der Waals surface area contributed by atoms with Gasteiger partial charge in [-0.15, -0.1) is 11.3 Å². The lowest BCUT2D eigenvalue weighted by Gasteiger charge is -2.16. The van der Waals surface area contributed by atoms with Gasteiger partial charge in [0, 0.05) is 42.1 Å². The second kappa shape index (κ2) is 5.70. The van der Waals surface area contributed by atoms with Crippen LogP contribution in [0, 0.1) is 6.92 Å². The van der Waals surface area contributed by atoms with Gasteiger partial charge in [0.25, 0.3) is 0 Å². The van der Waals surface area contributed by atoms with Gasteiger partial charge in [-0.25, -0.2) is 9.78 Å². The fraction of sp³-hybridized carbons (Fsp3) is 0.294. The molecule has 0 spiro atoms. The highest BCUT2D eigenvalue weighted by Crippen LogP contribution is 2.25. The van der Waals surface area contributed by atoms with Gasteiger partial charge < -0.3 is 9.88 Å². The van der Waals surface area contributed by atoms with Crippen molar-refractivity contribution in [3.8, 4) is 0 Å². The molecule has 1 aliphatic rings. The smallest absolute Gasteiger partial charge is 0.326 e. The highest BCUT2D eigenvalue weighted by atomic mass is 32.1. The van der Waals surface area contributed by atoms with Gasteiger partial charge in [0.2, 0.25) is 0 Å². The van der Waals surface area contributed by atoms with Crippen molar-refractivity contribution in [2.75, 3.05) is 24.5 Å². The molecule has 0 bridgehead atoms.